The Labute approximate surface area is 179 Å². The summed E-state index contributed by atoms with van der Waals surface area (Å²) in [5.74, 6) is -0.194. The van der Waals surface area contributed by atoms with Gasteiger partial charge in [-0.2, -0.15) is 13.5 Å². The predicted molar refractivity (Wildman–Crippen MR) is 120 cm³/mol. The zero-order chi connectivity index (χ0) is 21.7. The fraction of sp³-hybridized carbons (Fsp3) is 0. The van der Waals surface area contributed by atoms with Gasteiger partial charge in [0, 0.05) is 5.56 Å². The molecule has 0 aromatic heterocycles. The predicted octanol–water partition coefficient (Wildman–Crippen LogP) is 4.37. The third kappa shape index (κ3) is 4.79. The highest BCUT2D eigenvalue weighted by Gasteiger charge is 2.16. The van der Waals surface area contributed by atoms with Gasteiger partial charge >= 0.3 is 10.1 Å². The van der Waals surface area contributed by atoms with E-state index in [0.29, 0.717) is 11.1 Å². The Morgan fingerprint density at radius 3 is 2.39 bits per heavy atom. The number of rotatable bonds is 6. The lowest BCUT2D eigenvalue weighted by molar-refractivity contribution is 0.0957. The molecule has 0 bridgehead atoms. The normalized spacial score (nSPS) is 11.5. The van der Waals surface area contributed by atoms with Crippen LogP contribution in [0.3, 0.4) is 0 Å². The van der Waals surface area contributed by atoms with E-state index in [4.69, 9.17) is 4.18 Å². The summed E-state index contributed by atoms with van der Waals surface area (Å²) in [5.41, 5.74) is 3.59. The van der Waals surface area contributed by atoms with Crippen molar-refractivity contribution in [2.75, 3.05) is 0 Å². The Kier molecular flexibility index (Phi) is 5.77. The number of nitrogens with zero attached hydrogens (tertiary/aromatic N) is 1. The first-order valence-corrected chi connectivity index (χ1v) is 10.8. The van der Waals surface area contributed by atoms with E-state index in [0.717, 1.165) is 10.8 Å². The topological polar surface area (TPSA) is 84.8 Å². The van der Waals surface area contributed by atoms with Gasteiger partial charge in [0.2, 0.25) is 0 Å². The van der Waals surface area contributed by atoms with Crippen LogP contribution in [-0.2, 0) is 10.1 Å². The maximum absolute atomic E-state index is 12.5. The average molecular weight is 430 g/mol. The molecule has 6 nitrogen and oxygen atoms in total. The second-order valence-electron chi connectivity index (χ2n) is 6.65. The molecule has 0 saturated heterocycles. The van der Waals surface area contributed by atoms with Crippen molar-refractivity contribution in [3.63, 3.8) is 0 Å². The molecule has 4 rings (SSSR count). The van der Waals surface area contributed by atoms with Gasteiger partial charge in [0.25, 0.3) is 5.91 Å². The third-order valence-electron chi connectivity index (χ3n) is 4.51. The minimum Gasteiger partial charge on any atom is -0.379 e. The molecule has 4 aromatic rings. The van der Waals surface area contributed by atoms with Crippen LogP contribution in [0.15, 0.2) is 107 Å². The second-order valence-corrected chi connectivity index (χ2v) is 8.20. The van der Waals surface area contributed by atoms with Gasteiger partial charge in [-0.3, -0.25) is 4.79 Å². The average Bonchev–Trinajstić information content (AvgIpc) is 2.79. The Morgan fingerprint density at radius 2 is 1.55 bits per heavy atom. The number of carbonyl (C=O) groups is 1. The van der Waals surface area contributed by atoms with E-state index in [2.05, 4.69) is 10.5 Å². The largest absolute Gasteiger partial charge is 0.379 e. The summed E-state index contributed by atoms with van der Waals surface area (Å²) in [5, 5.41) is 5.79. The number of carbonyl (C=O) groups excluding carboxylic acids is 1. The number of hydrogen-bond acceptors (Lipinski definition) is 5. The zero-order valence-corrected chi connectivity index (χ0v) is 17.1. The van der Waals surface area contributed by atoms with E-state index in [-0.39, 0.29) is 16.6 Å². The number of hydrogen-bond donors (Lipinski definition) is 1. The zero-order valence-electron chi connectivity index (χ0n) is 16.3. The summed E-state index contributed by atoms with van der Waals surface area (Å²) < 4.78 is 29.9. The Bertz CT molecular complexity index is 1360. The molecule has 0 aliphatic rings. The fourth-order valence-electron chi connectivity index (χ4n) is 3.06. The van der Waals surface area contributed by atoms with E-state index >= 15 is 0 Å². The molecule has 4 aromatic carbocycles. The minimum absolute atomic E-state index is 0.0661. The summed E-state index contributed by atoms with van der Waals surface area (Å²) >= 11 is 0. The van der Waals surface area contributed by atoms with Crippen molar-refractivity contribution in [2.45, 2.75) is 4.90 Å². The van der Waals surface area contributed by atoms with Gasteiger partial charge in [-0.15, -0.1) is 0 Å². The van der Waals surface area contributed by atoms with Crippen LogP contribution in [0.2, 0.25) is 0 Å². The van der Waals surface area contributed by atoms with E-state index < -0.39 is 10.1 Å². The Hall–Kier alpha value is -3.97. The van der Waals surface area contributed by atoms with Crippen molar-refractivity contribution in [1.82, 2.24) is 5.43 Å². The number of hydrazone groups is 1. The molecular weight excluding hydrogens is 412 g/mol. The molecule has 0 saturated carbocycles. The van der Waals surface area contributed by atoms with Gasteiger partial charge in [0.1, 0.15) is 10.6 Å². The van der Waals surface area contributed by atoms with Gasteiger partial charge in [-0.1, -0.05) is 66.7 Å². The van der Waals surface area contributed by atoms with Crippen molar-refractivity contribution in [3.8, 4) is 5.75 Å². The summed E-state index contributed by atoms with van der Waals surface area (Å²) in [6, 6.07) is 27.4. The summed E-state index contributed by atoms with van der Waals surface area (Å²) in [6.45, 7) is 0. The molecule has 7 heteroatoms. The van der Waals surface area contributed by atoms with E-state index in [1.807, 2.05) is 36.4 Å². The lowest BCUT2D eigenvalue weighted by Gasteiger charge is -2.07. The molecule has 0 spiro atoms. The second kappa shape index (κ2) is 8.81. The van der Waals surface area contributed by atoms with Crippen LogP contribution in [0.4, 0.5) is 0 Å². The summed E-state index contributed by atoms with van der Waals surface area (Å²) in [4.78, 5) is 12.6. The lowest BCUT2D eigenvalue weighted by atomic mass is 10.0. The van der Waals surface area contributed by atoms with Gasteiger partial charge in [-0.05, 0) is 46.7 Å². The fourth-order valence-corrected chi connectivity index (χ4v) is 4.00. The van der Waals surface area contributed by atoms with Crippen molar-refractivity contribution >= 4 is 33.0 Å². The number of nitrogens with one attached hydrogen (secondary N) is 1. The SMILES string of the molecule is O=C(N/N=C\c1cccc(OS(=O)(=O)c2ccccc2)c1)c1cccc2ccccc12. The molecular formula is C24H18N2O4S. The highest BCUT2D eigenvalue weighted by molar-refractivity contribution is 7.87. The van der Waals surface area contributed by atoms with Crippen molar-refractivity contribution in [3.05, 3.63) is 108 Å². The Balaban J connectivity index is 1.47. The third-order valence-corrected chi connectivity index (χ3v) is 5.77. The van der Waals surface area contributed by atoms with Crippen molar-refractivity contribution < 1.29 is 17.4 Å². The summed E-state index contributed by atoms with van der Waals surface area (Å²) in [7, 11) is -3.94. The van der Waals surface area contributed by atoms with Crippen LogP contribution < -0.4 is 9.61 Å². The van der Waals surface area contributed by atoms with Gasteiger partial charge in [0.05, 0.1) is 6.21 Å². The van der Waals surface area contributed by atoms with Gasteiger partial charge in [-0.25, -0.2) is 5.43 Å². The van der Waals surface area contributed by atoms with E-state index in [9.17, 15) is 13.2 Å². The number of benzene rings is 4. The maximum atomic E-state index is 12.5. The molecule has 0 fully saturated rings. The molecule has 0 heterocycles. The van der Waals surface area contributed by atoms with Crippen molar-refractivity contribution in [1.29, 1.82) is 0 Å². The molecule has 1 amide bonds. The molecule has 0 aliphatic heterocycles. The first kappa shape index (κ1) is 20.3. The molecule has 0 aliphatic carbocycles. The van der Waals surface area contributed by atoms with Crippen LogP contribution in [0.25, 0.3) is 10.8 Å². The molecule has 31 heavy (non-hydrogen) atoms. The van der Waals surface area contributed by atoms with E-state index in [1.165, 1.54) is 30.5 Å². The van der Waals surface area contributed by atoms with Gasteiger partial charge < -0.3 is 4.18 Å². The van der Waals surface area contributed by atoms with Gasteiger partial charge in [0.15, 0.2) is 0 Å². The molecule has 0 atom stereocenters. The molecule has 0 radical (unpaired) electrons. The molecule has 0 unspecified atom stereocenters. The highest BCUT2D eigenvalue weighted by Crippen LogP contribution is 2.20. The smallest absolute Gasteiger partial charge is 0.339 e. The first-order valence-electron chi connectivity index (χ1n) is 9.44. The number of amides is 1. The highest BCUT2D eigenvalue weighted by atomic mass is 32.2. The van der Waals surface area contributed by atoms with Crippen LogP contribution in [0, 0.1) is 0 Å². The Morgan fingerprint density at radius 1 is 0.839 bits per heavy atom. The van der Waals surface area contributed by atoms with Crippen molar-refractivity contribution in [2.24, 2.45) is 5.10 Å². The number of fused-ring (bicyclic) bond motifs is 1. The van der Waals surface area contributed by atoms with Crippen LogP contribution >= 0.6 is 0 Å². The lowest BCUT2D eigenvalue weighted by Crippen LogP contribution is -2.17. The standard InChI is InChI=1S/C24H18N2O4S/c27-24(23-15-7-10-19-9-4-5-14-22(19)23)26-25-17-18-8-6-11-20(16-18)30-31(28,29)21-12-2-1-3-13-21/h1-17H,(H,26,27)/b25-17-. The van der Waals surface area contributed by atoms with E-state index in [1.54, 1.807) is 36.4 Å². The molecule has 154 valence electrons. The molecule has 1 N–H and O–H groups in total. The summed E-state index contributed by atoms with van der Waals surface area (Å²) in [6.07, 6.45) is 1.42. The maximum Gasteiger partial charge on any atom is 0.339 e. The van der Waals surface area contributed by atoms with Crippen LogP contribution in [0.5, 0.6) is 5.75 Å². The quantitative estimate of drug-likeness (QED) is 0.280. The first-order chi connectivity index (χ1) is 15.0. The van der Waals surface area contributed by atoms with Crippen LogP contribution in [0.1, 0.15) is 15.9 Å². The van der Waals surface area contributed by atoms with Crippen LogP contribution in [-0.4, -0.2) is 20.5 Å². The monoisotopic (exact) mass is 430 g/mol. The minimum atomic E-state index is -3.94.